The predicted molar refractivity (Wildman–Crippen MR) is 139 cm³/mol. The molecular formula is C26H28Cl2N4O3. The van der Waals surface area contributed by atoms with Crippen molar-refractivity contribution in [3.8, 4) is 0 Å². The van der Waals surface area contributed by atoms with Crippen LogP contribution in [-0.4, -0.2) is 59.5 Å². The summed E-state index contributed by atoms with van der Waals surface area (Å²) < 4.78 is 5.22. The van der Waals surface area contributed by atoms with Gasteiger partial charge in [-0.3, -0.25) is 4.79 Å². The van der Waals surface area contributed by atoms with Gasteiger partial charge in [-0.1, -0.05) is 56.1 Å². The summed E-state index contributed by atoms with van der Waals surface area (Å²) in [5, 5.41) is 0.690. The summed E-state index contributed by atoms with van der Waals surface area (Å²) in [5.41, 5.74) is 2.98. The molecular weight excluding hydrogens is 487 g/mol. The van der Waals surface area contributed by atoms with Gasteiger partial charge in [0.25, 0.3) is 5.91 Å². The van der Waals surface area contributed by atoms with Crippen LogP contribution in [0.3, 0.4) is 0 Å². The van der Waals surface area contributed by atoms with Crippen molar-refractivity contribution in [1.29, 1.82) is 0 Å². The van der Waals surface area contributed by atoms with Gasteiger partial charge < -0.3 is 14.5 Å². The molecule has 1 fully saturated rings. The minimum atomic E-state index is -0.555. The first-order valence-corrected chi connectivity index (χ1v) is 12.3. The Kier molecular flexibility index (Phi) is 7.20. The molecule has 0 bridgehead atoms. The Morgan fingerprint density at radius 2 is 1.51 bits per heavy atom. The van der Waals surface area contributed by atoms with Gasteiger partial charge in [0.2, 0.25) is 0 Å². The summed E-state index contributed by atoms with van der Waals surface area (Å²) in [4.78, 5) is 38.7. The van der Waals surface area contributed by atoms with E-state index in [2.05, 4.69) is 30.7 Å². The van der Waals surface area contributed by atoms with Gasteiger partial charge in [-0.2, -0.15) is 0 Å². The van der Waals surface area contributed by atoms with Gasteiger partial charge in [-0.05, 0) is 42.2 Å². The monoisotopic (exact) mass is 514 g/mol. The van der Waals surface area contributed by atoms with E-state index in [9.17, 15) is 9.59 Å². The van der Waals surface area contributed by atoms with Gasteiger partial charge in [0, 0.05) is 31.7 Å². The second-order valence-corrected chi connectivity index (χ2v) is 10.3. The average Bonchev–Trinajstić information content (AvgIpc) is 2.83. The molecule has 0 unspecified atom stereocenters. The Morgan fingerprint density at radius 1 is 0.943 bits per heavy atom. The van der Waals surface area contributed by atoms with Crippen LogP contribution in [0.5, 0.6) is 0 Å². The molecule has 1 amide bonds. The largest absolute Gasteiger partial charge is 0.461 e. The number of carbonyl (C=O) groups is 2. The number of anilines is 1. The minimum absolute atomic E-state index is 0.0123. The van der Waals surface area contributed by atoms with Crippen LogP contribution >= 0.6 is 23.2 Å². The molecule has 0 N–H and O–H groups in total. The van der Waals surface area contributed by atoms with Gasteiger partial charge in [-0.15, -0.1) is 0 Å². The highest BCUT2D eigenvalue weighted by Gasteiger charge is 2.28. The Morgan fingerprint density at radius 3 is 2.06 bits per heavy atom. The first kappa shape index (κ1) is 25.2. The van der Waals surface area contributed by atoms with Crippen molar-refractivity contribution in [3.63, 3.8) is 0 Å². The van der Waals surface area contributed by atoms with E-state index in [1.54, 1.807) is 19.1 Å². The molecule has 0 radical (unpaired) electrons. The Balaban J connectivity index is 1.56. The van der Waals surface area contributed by atoms with Crippen LogP contribution in [-0.2, 0) is 10.2 Å². The van der Waals surface area contributed by atoms with Crippen molar-refractivity contribution in [2.45, 2.75) is 33.1 Å². The third-order valence-corrected chi connectivity index (χ3v) is 6.74. The third-order valence-electron chi connectivity index (χ3n) is 6.02. The second-order valence-electron chi connectivity index (χ2n) is 9.48. The molecule has 2 aromatic carbocycles. The number of fused-ring (bicyclic) bond motifs is 1. The van der Waals surface area contributed by atoms with E-state index >= 15 is 0 Å². The third kappa shape index (κ3) is 5.36. The number of amides is 1. The van der Waals surface area contributed by atoms with E-state index < -0.39 is 5.97 Å². The molecule has 0 atom stereocenters. The molecule has 1 saturated heterocycles. The second kappa shape index (κ2) is 9.99. The summed E-state index contributed by atoms with van der Waals surface area (Å²) in [6.07, 6.45) is 0. The van der Waals surface area contributed by atoms with Crippen LogP contribution in [0.2, 0.25) is 10.0 Å². The van der Waals surface area contributed by atoms with Crippen LogP contribution in [0.1, 0.15) is 54.1 Å². The summed E-state index contributed by atoms with van der Waals surface area (Å²) >= 11 is 12.3. The predicted octanol–water partition coefficient (Wildman–Crippen LogP) is 5.37. The van der Waals surface area contributed by atoms with Crippen molar-refractivity contribution in [3.05, 3.63) is 63.3 Å². The lowest BCUT2D eigenvalue weighted by molar-refractivity contribution is 0.0519. The van der Waals surface area contributed by atoms with Crippen molar-refractivity contribution in [1.82, 2.24) is 14.9 Å². The fraction of sp³-hybridized carbons (Fsp3) is 0.385. The lowest BCUT2D eigenvalue weighted by atomic mass is 9.86. The number of rotatable bonds is 4. The van der Waals surface area contributed by atoms with Crippen LogP contribution in [0.4, 0.5) is 5.82 Å². The van der Waals surface area contributed by atoms with E-state index in [1.165, 1.54) is 5.56 Å². The minimum Gasteiger partial charge on any atom is -0.461 e. The number of nitrogens with zero attached hydrogens (tertiary/aromatic N) is 4. The Labute approximate surface area is 215 Å². The number of halogens is 2. The van der Waals surface area contributed by atoms with Crippen LogP contribution in [0.25, 0.3) is 11.0 Å². The zero-order valence-corrected chi connectivity index (χ0v) is 21.8. The fourth-order valence-corrected chi connectivity index (χ4v) is 4.33. The highest BCUT2D eigenvalue weighted by molar-refractivity contribution is 6.42. The van der Waals surface area contributed by atoms with Crippen molar-refractivity contribution >= 4 is 51.9 Å². The molecule has 7 nitrogen and oxygen atoms in total. The number of hydrogen-bond donors (Lipinski definition) is 0. The quantitative estimate of drug-likeness (QED) is 0.435. The topological polar surface area (TPSA) is 75.6 Å². The van der Waals surface area contributed by atoms with E-state index in [1.807, 2.05) is 34.1 Å². The molecule has 3 aromatic rings. The van der Waals surface area contributed by atoms with Crippen molar-refractivity contribution < 1.29 is 14.3 Å². The number of benzene rings is 2. The average molecular weight is 515 g/mol. The SMILES string of the molecule is CCOC(=O)c1nc2cc(Cl)c(Cl)cc2nc1N1CCN(C(=O)c2ccc(C(C)(C)C)cc2)CC1. The van der Waals surface area contributed by atoms with Gasteiger partial charge in [0.05, 0.1) is 27.7 Å². The molecule has 2 heterocycles. The van der Waals surface area contributed by atoms with Crippen molar-refractivity contribution in [2.24, 2.45) is 0 Å². The first-order valence-electron chi connectivity index (χ1n) is 11.6. The number of esters is 1. The maximum atomic E-state index is 13.1. The fourth-order valence-electron chi connectivity index (χ4n) is 4.02. The molecule has 0 aliphatic carbocycles. The number of piperazine rings is 1. The Hall–Kier alpha value is -2.90. The smallest absolute Gasteiger partial charge is 0.360 e. The number of hydrogen-bond acceptors (Lipinski definition) is 6. The van der Waals surface area contributed by atoms with E-state index in [0.29, 0.717) is 58.6 Å². The van der Waals surface area contributed by atoms with Crippen LogP contribution in [0.15, 0.2) is 36.4 Å². The first-order chi connectivity index (χ1) is 16.6. The number of aromatic nitrogens is 2. The van der Waals surface area contributed by atoms with Gasteiger partial charge in [0.15, 0.2) is 11.5 Å². The van der Waals surface area contributed by atoms with Crippen molar-refractivity contribution in [2.75, 3.05) is 37.7 Å². The maximum absolute atomic E-state index is 13.1. The summed E-state index contributed by atoms with van der Waals surface area (Å²) in [6.45, 7) is 10.4. The highest BCUT2D eigenvalue weighted by atomic mass is 35.5. The van der Waals surface area contributed by atoms with Gasteiger partial charge in [-0.25, -0.2) is 14.8 Å². The van der Waals surface area contributed by atoms with Gasteiger partial charge in [0.1, 0.15) is 0 Å². The Bertz CT molecular complexity index is 1260. The van der Waals surface area contributed by atoms with E-state index in [0.717, 1.165) is 0 Å². The molecule has 9 heteroatoms. The molecule has 184 valence electrons. The van der Waals surface area contributed by atoms with Gasteiger partial charge >= 0.3 is 5.97 Å². The zero-order valence-electron chi connectivity index (χ0n) is 20.3. The molecule has 1 aromatic heterocycles. The normalized spacial score (nSPS) is 14.3. The van der Waals surface area contributed by atoms with Crippen LogP contribution in [0, 0.1) is 0 Å². The number of carbonyl (C=O) groups excluding carboxylic acids is 2. The molecule has 35 heavy (non-hydrogen) atoms. The van der Waals surface area contributed by atoms with Crippen LogP contribution < -0.4 is 4.90 Å². The lowest BCUT2D eigenvalue weighted by Crippen LogP contribution is -2.49. The lowest BCUT2D eigenvalue weighted by Gasteiger charge is -2.36. The summed E-state index contributed by atoms with van der Waals surface area (Å²) in [5.74, 6) is -0.155. The molecule has 0 spiro atoms. The highest BCUT2D eigenvalue weighted by Crippen LogP contribution is 2.30. The summed E-state index contributed by atoms with van der Waals surface area (Å²) in [6, 6.07) is 11.0. The van der Waals surface area contributed by atoms with E-state index in [4.69, 9.17) is 27.9 Å². The van der Waals surface area contributed by atoms with E-state index in [-0.39, 0.29) is 23.6 Å². The zero-order chi connectivity index (χ0) is 25.3. The summed E-state index contributed by atoms with van der Waals surface area (Å²) in [7, 11) is 0. The molecule has 1 aliphatic rings. The molecule has 0 saturated carbocycles. The molecule has 4 rings (SSSR count). The molecule has 1 aliphatic heterocycles. The standard InChI is InChI=1S/C26H28Cl2N4O3/c1-5-35-25(34)22-23(30-21-15-19(28)18(27)14-20(21)29-22)31-10-12-32(13-11-31)24(33)16-6-8-17(9-7-16)26(2,3)4/h6-9,14-15H,5,10-13H2,1-4H3. The number of ether oxygens (including phenoxy) is 1. The maximum Gasteiger partial charge on any atom is 0.360 e.